The van der Waals surface area contributed by atoms with Crippen molar-refractivity contribution in [2.75, 3.05) is 0 Å². The van der Waals surface area contributed by atoms with E-state index in [0.717, 1.165) is 0 Å². The summed E-state index contributed by atoms with van der Waals surface area (Å²) in [6.45, 7) is 0. The number of H-pyrrole nitrogens is 1. The number of alkyl halides is 2. The molecule has 4 rings (SSSR count). The quantitative estimate of drug-likeness (QED) is 0.614. The Labute approximate surface area is 138 Å². The molecule has 7 nitrogen and oxygen atoms in total. The largest absolute Gasteiger partial charge is 0.296 e. The van der Waals surface area contributed by atoms with Gasteiger partial charge in [-0.25, -0.2) is 32.6 Å². The molecule has 3 aromatic heterocycles. The number of halogens is 3. The molecule has 126 valence electrons. The van der Waals surface area contributed by atoms with Gasteiger partial charge in [-0.1, -0.05) is 12.1 Å². The number of nitrogens with zero attached hydrogens (tertiary/aromatic N) is 6. The fourth-order valence-electron chi connectivity index (χ4n) is 2.44. The molecule has 25 heavy (non-hydrogen) atoms. The Kier molecular flexibility index (Phi) is 3.64. The van der Waals surface area contributed by atoms with Crippen molar-refractivity contribution < 1.29 is 13.2 Å². The topological polar surface area (TPSA) is 84.7 Å². The Morgan fingerprint density at radius 2 is 2.08 bits per heavy atom. The molecule has 0 bridgehead atoms. The van der Waals surface area contributed by atoms with Crippen LogP contribution in [-0.2, 0) is 6.42 Å². The van der Waals surface area contributed by atoms with E-state index in [2.05, 4.69) is 30.2 Å². The van der Waals surface area contributed by atoms with Gasteiger partial charge in [-0.05, 0) is 17.7 Å². The van der Waals surface area contributed by atoms with E-state index < -0.39 is 12.2 Å². The first-order valence-corrected chi connectivity index (χ1v) is 7.24. The summed E-state index contributed by atoms with van der Waals surface area (Å²) in [6, 6.07) is 6.09. The third-order valence-corrected chi connectivity index (χ3v) is 3.53. The van der Waals surface area contributed by atoms with Crippen molar-refractivity contribution in [2.45, 2.75) is 12.8 Å². The van der Waals surface area contributed by atoms with Crippen LogP contribution in [0.2, 0.25) is 0 Å². The summed E-state index contributed by atoms with van der Waals surface area (Å²) >= 11 is 0. The lowest BCUT2D eigenvalue weighted by Gasteiger charge is -2.05. The Morgan fingerprint density at radius 1 is 1.20 bits per heavy atom. The van der Waals surface area contributed by atoms with Gasteiger partial charge in [-0.3, -0.25) is 5.10 Å². The van der Waals surface area contributed by atoms with Gasteiger partial charge in [-0.15, -0.1) is 0 Å². The fraction of sp³-hybridized carbons (Fsp3) is 0.133. The van der Waals surface area contributed by atoms with Crippen LogP contribution < -0.4 is 0 Å². The summed E-state index contributed by atoms with van der Waals surface area (Å²) in [6.07, 6.45) is 0.372. The van der Waals surface area contributed by atoms with Crippen molar-refractivity contribution in [1.29, 1.82) is 0 Å². The smallest absolute Gasteiger partial charge is 0.258 e. The lowest BCUT2D eigenvalue weighted by atomic mass is 10.1. The highest BCUT2D eigenvalue weighted by Crippen LogP contribution is 2.20. The highest BCUT2D eigenvalue weighted by Gasteiger charge is 2.17. The molecule has 0 aliphatic rings. The molecule has 1 aromatic carbocycles. The van der Waals surface area contributed by atoms with Crippen LogP contribution in [0.15, 0.2) is 36.8 Å². The normalized spacial score (nSPS) is 11.5. The fourth-order valence-corrected chi connectivity index (χ4v) is 2.44. The molecule has 10 heteroatoms. The molecule has 0 spiro atoms. The van der Waals surface area contributed by atoms with Gasteiger partial charge < -0.3 is 0 Å². The van der Waals surface area contributed by atoms with Crippen molar-refractivity contribution in [3.05, 3.63) is 59.7 Å². The van der Waals surface area contributed by atoms with E-state index in [1.54, 1.807) is 12.1 Å². The number of hydrogen-bond donors (Lipinski definition) is 1. The molecule has 0 aliphatic heterocycles. The number of aromatic nitrogens is 7. The van der Waals surface area contributed by atoms with E-state index in [1.165, 1.54) is 29.2 Å². The van der Waals surface area contributed by atoms with Crippen molar-refractivity contribution in [3.8, 4) is 11.5 Å². The monoisotopic (exact) mass is 345 g/mol. The first-order chi connectivity index (χ1) is 12.1. The summed E-state index contributed by atoms with van der Waals surface area (Å²) in [4.78, 5) is 12.3. The molecule has 0 atom stereocenters. The summed E-state index contributed by atoms with van der Waals surface area (Å²) in [5.41, 5.74) is 1.94. The van der Waals surface area contributed by atoms with Crippen LogP contribution in [0.3, 0.4) is 0 Å². The number of benzene rings is 1. The van der Waals surface area contributed by atoms with Crippen LogP contribution >= 0.6 is 0 Å². The van der Waals surface area contributed by atoms with E-state index in [9.17, 15) is 13.2 Å². The highest BCUT2D eigenvalue weighted by atomic mass is 19.3. The van der Waals surface area contributed by atoms with Gasteiger partial charge >= 0.3 is 0 Å². The number of aromatic amines is 1. The molecule has 0 radical (unpaired) electrons. The molecule has 0 saturated heterocycles. The maximum atomic E-state index is 13.4. The van der Waals surface area contributed by atoms with Crippen molar-refractivity contribution in [3.63, 3.8) is 0 Å². The minimum absolute atomic E-state index is 0.0215. The van der Waals surface area contributed by atoms with Gasteiger partial charge in [0.15, 0.2) is 11.5 Å². The third-order valence-electron chi connectivity index (χ3n) is 3.53. The lowest BCUT2D eigenvalue weighted by Crippen LogP contribution is -2.02. The van der Waals surface area contributed by atoms with Crippen LogP contribution in [0.1, 0.15) is 23.5 Å². The van der Waals surface area contributed by atoms with E-state index in [-0.39, 0.29) is 17.3 Å². The molecule has 0 amide bonds. The third kappa shape index (κ3) is 2.93. The van der Waals surface area contributed by atoms with E-state index in [4.69, 9.17) is 0 Å². The maximum absolute atomic E-state index is 13.4. The lowest BCUT2D eigenvalue weighted by molar-refractivity contribution is 0.141. The van der Waals surface area contributed by atoms with Gasteiger partial charge in [0, 0.05) is 6.42 Å². The van der Waals surface area contributed by atoms with E-state index in [0.29, 0.717) is 23.3 Å². The zero-order valence-corrected chi connectivity index (χ0v) is 12.6. The van der Waals surface area contributed by atoms with E-state index in [1.807, 2.05) is 0 Å². The highest BCUT2D eigenvalue weighted by molar-refractivity contribution is 5.54. The second kappa shape index (κ2) is 5.96. The van der Waals surface area contributed by atoms with Crippen LogP contribution in [0.25, 0.3) is 17.2 Å². The van der Waals surface area contributed by atoms with Crippen molar-refractivity contribution >= 4 is 5.65 Å². The van der Waals surface area contributed by atoms with Crippen LogP contribution in [-0.4, -0.2) is 34.8 Å². The molecule has 0 saturated carbocycles. The molecular weight excluding hydrogens is 335 g/mol. The van der Waals surface area contributed by atoms with Crippen LogP contribution in [0.4, 0.5) is 13.2 Å². The molecule has 1 N–H and O–H groups in total. The summed E-state index contributed by atoms with van der Waals surface area (Å²) in [5, 5.41) is 9.98. The number of fused-ring (bicyclic) bond motifs is 1. The SMILES string of the molecule is Fc1cccc(Cc2nc(-c3n[nH]c(C(F)F)n3)cn3ncnc23)c1. The number of hydrogen-bond acceptors (Lipinski definition) is 5. The average molecular weight is 345 g/mol. The molecule has 0 unspecified atom stereocenters. The number of nitrogens with one attached hydrogen (secondary N) is 1. The zero-order valence-electron chi connectivity index (χ0n) is 12.6. The Balaban J connectivity index is 1.79. The summed E-state index contributed by atoms with van der Waals surface area (Å²) < 4.78 is 40.2. The number of rotatable bonds is 4. The van der Waals surface area contributed by atoms with Gasteiger partial charge in [-0.2, -0.15) is 10.2 Å². The van der Waals surface area contributed by atoms with E-state index >= 15 is 0 Å². The van der Waals surface area contributed by atoms with Crippen LogP contribution in [0.5, 0.6) is 0 Å². The first-order valence-electron chi connectivity index (χ1n) is 7.24. The zero-order chi connectivity index (χ0) is 17.4. The Hall–Kier alpha value is -3.30. The van der Waals surface area contributed by atoms with Gasteiger partial charge in [0.2, 0.25) is 5.82 Å². The molecule has 3 heterocycles. The second-order valence-electron chi connectivity index (χ2n) is 5.25. The molecule has 4 aromatic rings. The van der Waals surface area contributed by atoms with Crippen molar-refractivity contribution in [1.82, 2.24) is 34.8 Å². The molecular formula is C15H10F3N7. The standard InChI is InChI=1S/C15H10F3N7/c16-9-3-1-2-8(4-9)5-10-15-19-7-20-25(15)6-11(21-10)13-22-14(12(17)18)24-23-13/h1-4,6-7,12H,5H2,(H,22,23,24). The molecule has 0 fully saturated rings. The second-order valence-corrected chi connectivity index (χ2v) is 5.25. The Bertz CT molecular complexity index is 1040. The van der Waals surface area contributed by atoms with Crippen molar-refractivity contribution in [2.24, 2.45) is 0 Å². The van der Waals surface area contributed by atoms with Crippen LogP contribution in [0, 0.1) is 5.82 Å². The average Bonchev–Trinajstić information content (AvgIpc) is 3.24. The maximum Gasteiger partial charge on any atom is 0.296 e. The summed E-state index contributed by atoms with van der Waals surface area (Å²) in [5.74, 6) is -0.878. The van der Waals surface area contributed by atoms with Gasteiger partial charge in [0.25, 0.3) is 6.43 Å². The first kappa shape index (κ1) is 15.2. The predicted molar refractivity (Wildman–Crippen MR) is 80.3 cm³/mol. The minimum Gasteiger partial charge on any atom is -0.258 e. The van der Waals surface area contributed by atoms with Gasteiger partial charge in [0.05, 0.1) is 11.9 Å². The Morgan fingerprint density at radius 3 is 2.84 bits per heavy atom. The molecule has 0 aliphatic carbocycles. The minimum atomic E-state index is -2.76. The van der Waals surface area contributed by atoms with Gasteiger partial charge in [0.1, 0.15) is 17.8 Å². The summed E-state index contributed by atoms with van der Waals surface area (Å²) in [7, 11) is 0. The predicted octanol–water partition coefficient (Wildman–Crippen LogP) is 2.58.